The zero-order valence-electron chi connectivity index (χ0n) is 11.7. The highest BCUT2D eigenvalue weighted by molar-refractivity contribution is 5.78. The second-order valence-corrected chi connectivity index (χ2v) is 6.07. The van der Waals surface area contributed by atoms with E-state index in [1.165, 1.54) is 25.7 Å². The van der Waals surface area contributed by atoms with Crippen LogP contribution >= 0.6 is 0 Å². The maximum atomic E-state index is 6.00. The van der Waals surface area contributed by atoms with Crippen LogP contribution < -0.4 is 11.1 Å². The Hall–Kier alpha value is -0.810. The number of hydrogen-bond donors (Lipinski definition) is 2. The third kappa shape index (κ3) is 2.13. The third-order valence-corrected chi connectivity index (χ3v) is 5.17. The number of nitrogens with zero attached hydrogens (tertiary/aromatic N) is 1. The lowest BCUT2D eigenvalue weighted by molar-refractivity contribution is -0.124. The van der Waals surface area contributed by atoms with Crippen LogP contribution in [0.15, 0.2) is 4.99 Å². The first kappa shape index (κ1) is 13.2. The minimum absolute atomic E-state index is 0.336. The summed E-state index contributed by atoms with van der Waals surface area (Å²) in [5, 5.41) is 3.47. The summed E-state index contributed by atoms with van der Waals surface area (Å²) in [7, 11) is 1.68. The quantitative estimate of drug-likeness (QED) is 0.451. The number of ether oxygens (including phenoxy) is 2. The van der Waals surface area contributed by atoms with Crippen molar-refractivity contribution >= 4 is 5.96 Å². The molecule has 0 aromatic heterocycles. The summed E-state index contributed by atoms with van der Waals surface area (Å²) in [6, 6.07) is 0.466. The van der Waals surface area contributed by atoms with Gasteiger partial charge in [0.05, 0.1) is 19.3 Å². The van der Waals surface area contributed by atoms with E-state index in [9.17, 15) is 0 Å². The van der Waals surface area contributed by atoms with Crippen LogP contribution in [0.2, 0.25) is 0 Å². The van der Waals surface area contributed by atoms with Gasteiger partial charge in [-0.15, -0.1) is 0 Å². The molecule has 0 bridgehead atoms. The standard InChI is InChI=1S/C14H25N3O2/c1-18-9-7-16-13(15)17-11-10-4-8-19-12(10)14(11)5-2-3-6-14/h10-12H,2-9H2,1H3,(H3,15,16,17). The lowest BCUT2D eigenvalue weighted by Gasteiger charge is -2.57. The summed E-state index contributed by atoms with van der Waals surface area (Å²) in [6.07, 6.45) is 6.83. The van der Waals surface area contributed by atoms with Gasteiger partial charge >= 0.3 is 0 Å². The molecular weight excluding hydrogens is 242 g/mol. The van der Waals surface area contributed by atoms with Crippen molar-refractivity contribution in [2.75, 3.05) is 26.9 Å². The second kappa shape index (κ2) is 5.29. The molecule has 3 atom stereocenters. The molecular formula is C14H25N3O2. The first-order chi connectivity index (χ1) is 9.28. The summed E-state index contributed by atoms with van der Waals surface area (Å²) < 4.78 is 10.9. The Kier molecular flexibility index (Phi) is 3.67. The number of nitrogens with two attached hydrogens (primary N) is 1. The summed E-state index contributed by atoms with van der Waals surface area (Å²) in [5.41, 5.74) is 6.34. The molecule has 0 amide bonds. The maximum absolute atomic E-state index is 6.00. The molecule has 1 spiro atoms. The SMILES string of the molecule is COCCN=C(N)NC1C2CCOC2C12CCCC2. The minimum Gasteiger partial charge on any atom is -0.383 e. The minimum atomic E-state index is 0.336. The first-order valence-electron chi connectivity index (χ1n) is 7.45. The molecule has 1 aliphatic heterocycles. The van der Waals surface area contributed by atoms with Crippen molar-refractivity contribution in [1.82, 2.24) is 5.32 Å². The van der Waals surface area contributed by atoms with E-state index in [1.807, 2.05) is 0 Å². The zero-order chi connectivity index (χ0) is 13.3. The molecule has 3 N–H and O–H groups in total. The van der Waals surface area contributed by atoms with Gasteiger partial charge in [0.2, 0.25) is 0 Å². The number of fused-ring (bicyclic) bond motifs is 2. The lowest BCUT2D eigenvalue weighted by atomic mass is 9.54. The van der Waals surface area contributed by atoms with E-state index in [0.717, 1.165) is 13.0 Å². The molecule has 3 rings (SSSR count). The molecule has 2 saturated carbocycles. The summed E-state index contributed by atoms with van der Waals surface area (Å²) in [5.74, 6) is 1.20. The maximum Gasteiger partial charge on any atom is 0.188 e. The van der Waals surface area contributed by atoms with Crippen molar-refractivity contribution in [2.24, 2.45) is 22.1 Å². The summed E-state index contributed by atoms with van der Waals surface area (Å²) in [6.45, 7) is 2.16. The first-order valence-corrected chi connectivity index (χ1v) is 7.45. The number of aliphatic imine (C=N–C) groups is 1. The Labute approximate surface area is 114 Å². The Morgan fingerprint density at radius 1 is 1.47 bits per heavy atom. The molecule has 2 aliphatic carbocycles. The number of guanidine groups is 1. The number of methoxy groups -OCH3 is 1. The molecule has 108 valence electrons. The van der Waals surface area contributed by atoms with Crippen molar-refractivity contribution in [2.45, 2.75) is 44.2 Å². The Morgan fingerprint density at radius 3 is 3.00 bits per heavy atom. The van der Waals surface area contributed by atoms with E-state index in [2.05, 4.69) is 10.3 Å². The van der Waals surface area contributed by atoms with E-state index in [-0.39, 0.29) is 0 Å². The van der Waals surface area contributed by atoms with Crippen molar-refractivity contribution in [1.29, 1.82) is 0 Å². The third-order valence-electron chi connectivity index (χ3n) is 5.17. The second-order valence-electron chi connectivity index (χ2n) is 6.07. The Bertz CT molecular complexity index is 353. The van der Waals surface area contributed by atoms with Crippen molar-refractivity contribution in [3.63, 3.8) is 0 Å². The smallest absolute Gasteiger partial charge is 0.188 e. The van der Waals surface area contributed by atoms with E-state index in [0.29, 0.717) is 42.6 Å². The molecule has 3 fully saturated rings. The van der Waals surface area contributed by atoms with Crippen molar-refractivity contribution in [3.05, 3.63) is 0 Å². The highest BCUT2D eigenvalue weighted by Gasteiger charge is 2.64. The Balaban J connectivity index is 1.64. The van der Waals surface area contributed by atoms with Gasteiger partial charge in [0, 0.05) is 31.1 Å². The van der Waals surface area contributed by atoms with Gasteiger partial charge in [0.25, 0.3) is 0 Å². The van der Waals surface area contributed by atoms with Gasteiger partial charge < -0.3 is 20.5 Å². The fraction of sp³-hybridized carbons (Fsp3) is 0.929. The normalized spacial score (nSPS) is 36.3. The van der Waals surface area contributed by atoms with Crippen LogP contribution in [0, 0.1) is 11.3 Å². The molecule has 0 aromatic carbocycles. The van der Waals surface area contributed by atoms with Crippen LogP contribution in [-0.2, 0) is 9.47 Å². The molecule has 5 nitrogen and oxygen atoms in total. The number of nitrogens with one attached hydrogen (secondary N) is 1. The molecule has 1 saturated heterocycles. The topological polar surface area (TPSA) is 68.9 Å². The van der Waals surface area contributed by atoms with Crippen LogP contribution in [0.5, 0.6) is 0 Å². The van der Waals surface area contributed by atoms with Gasteiger partial charge in [0.1, 0.15) is 0 Å². The Morgan fingerprint density at radius 2 is 2.26 bits per heavy atom. The van der Waals surface area contributed by atoms with Crippen molar-refractivity contribution in [3.8, 4) is 0 Å². The lowest BCUT2D eigenvalue weighted by Crippen LogP contribution is -2.69. The highest BCUT2D eigenvalue weighted by Crippen LogP contribution is 2.60. The van der Waals surface area contributed by atoms with E-state index < -0.39 is 0 Å². The van der Waals surface area contributed by atoms with Gasteiger partial charge in [0.15, 0.2) is 5.96 Å². The summed E-state index contributed by atoms with van der Waals surface area (Å²) in [4.78, 5) is 4.32. The molecule has 0 aromatic rings. The average molecular weight is 267 g/mol. The van der Waals surface area contributed by atoms with Crippen LogP contribution in [0.1, 0.15) is 32.1 Å². The van der Waals surface area contributed by atoms with Crippen LogP contribution in [-0.4, -0.2) is 45.0 Å². The van der Waals surface area contributed by atoms with Gasteiger partial charge in [-0.2, -0.15) is 0 Å². The van der Waals surface area contributed by atoms with Crippen molar-refractivity contribution < 1.29 is 9.47 Å². The fourth-order valence-electron chi connectivity index (χ4n) is 4.37. The predicted octanol–water partition coefficient (Wildman–Crippen LogP) is 0.885. The van der Waals surface area contributed by atoms with Crippen LogP contribution in [0.25, 0.3) is 0 Å². The molecule has 3 unspecified atom stereocenters. The van der Waals surface area contributed by atoms with Gasteiger partial charge in [-0.1, -0.05) is 12.8 Å². The van der Waals surface area contributed by atoms with Crippen LogP contribution in [0.3, 0.4) is 0 Å². The average Bonchev–Trinajstić information content (AvgIpc) is 3.04. The van der Waals surface area contributed by atoms with Gasteiger partial charge in [-0.25, -0.2) is 0 Å². The molecule has 3 aliphatic rings. The largest absolute Gasteiger partial charge is 0.383 e. The van der Waals surface area contributed by atoms with Gasteiger partial charge in [-0.05, 0) is 19.3 Å². The predicted molar refractivity (Wildman–Crippen MR) is 74.0 cm³/mol. The highest BCUT2D eigenvalue weighted by atomic mass is 16.5. The molecule has 1 heterocycles. The monoisotopic (exact) mass is 267 g/mol. The molecule has 19 heavy (non-hydrogen) atoms. The van der Waals surface area contributed by atoms with Gasteiger partial charge in [-0.3, -0.25) is 4.99 Å². The molecule has 0 radical (unpaired) electrons. The zero-order valence-corrected chi connectivity index (χ0v) is 11.7. The van der Waals surface area contributed by atoms with E-state index in [1.54, 1.807) is 7.11 Å². The fourth-order valence-corrected chi connectivity index (χ4v) is 4.37. The summed E-state index contributed by atoms with van der Waals surface area (Å²) >= 11 is 0. The molecule has 5 heteroatoms. The van der Waals surface area contributed by atoms with E-state index >= 15 is 0 Å². The van der Waals surface area contributed by atoms with E-state index in [4.69, 9.17) is 15.2 Å². The number of hydrogen-bond acceptors (Lipinski definition) is 3. The number of rotatable bonds is 4. The van der Waals surface area contributed by atoms with Crippen LogP contribution in [0.4, 0.5) is 0 Å².